The van der Waals surface area contributed by atoms with Crippen LogP contribution in [0.15, 0.2) is 41.3 Å². The van der Waals surface area contributed by atoms with E-state index in [2.05, 4.69) is 25.5 Å². The maximum absolute atomic E-state index is 13.8. The normalized spacial score (nSPS) is 25.4. The number of likely N-dealkylation sites (tertiary alicyclic amines) is 1. The van der Waals surface area contributed by atoms with Crippen molar-refractivity contribution in [3.05, 3.63) is 58.0 Å². The van der Waals surface area contributed by atoms with Crippen molar-refractivity contribution in [2.45, 2.75) is 101 Å². The smallest absolute Gasteiger partial charge is 0.269 e. The highest BCUT2D eigenvalue weighted by atomic mass is 32.2. The van der Waals surface area contributed by atoms with Gasteiger partial charge in [0.05, 0.1) is 28.9 Å². The van der Waals surface area contributed by atoms with Crippen LogP contribution in [0, 0.1) is 0 Å². The Morgan fingerprint density at radius 2 is 1.76 bits per heavy atom. The van der Waals surface area contributed by atoms with Crippen molar-refractivity contribution < 1.29 is 36.6 Å². The Kier molecular flexibility index (Phi) is 11.0. The summed E-state index contributed by atoms with van der Waals surface area (Å²) in [5.41, 5.74) is -1.77. The van der Waals surface area contributed by atoms with Crippen LogP contribution in [0.25, 0.3) is 11.0 Å². The number of anilines is 1. The third kappa shape index (κ3) is 8.28. The highest BCUT2D eigenvalue weighted by molar-refractivity contribution is 7.89. The molecule has 0 spiro atoms. The second-order valence-corrected chi connectivity index (χ2v) is 17.3. The van der Waals surface area contributed by atoms with E-state index in [4.69, 9.17) is 4.74 Å². The number of halogens is 2. The lowest BCUT2D eigenvalue weighted by Crippen LogP contribution is -2.46. The van der Waals surface area contributed by atoms with Gasteiger partial charge in [-0.25, -0.2) is 26.5 Å². The summed E-state index contributed by atoms with van der Waals surface area (Å²) in [5.74, 6) is 0.0646. The first kappa shape index (κ1) is 38.2. The summed E-state index contributed by atoms with van der Waals surface area (Å²) in [4.78, 5) is 47.9. The molecule has 0 bridgehead atoms. The third-order valence-corrected chi connectivity index (χ3v) is 13.3. The van der Waals surface area contributed by atoms with Crippen molar-refractivity contribution >= 4 is 38.8 Å². The SMILES string of the molecule is C[C@@]1(O)CCC[C@H]1n1c(=O)c(C(F)F)cc2cnc(NC3CCN(S(=O)(=O)CCN4CCC(Oc5ccc(C6CCC(=O)NC6=O)cc5)CC4)CC3)nc21. The van der Waals surface area contributed by atoms with Gasteiger partial charge in [-0.3, -0.25) is 24.3 Å². The van der Waals surface area contributed by atoms with Gasteiger partial charge >= 0.3 is 0 Å². The summed E-state index contributed by atoms with van der Waals surface area (Å²) in [6, 6.07) is 7.68. The molecular formula is C37H47F2N7O7S. The number of amides is 2. The largest absolute Gasteiger partial charge is 0.490 e. The van der Waals surface area contributed by atoms with Crippen LogP contribution in [0.5, 0.6) is 5.75 Å². The molecule has 4 aliphatic rings. The Morgan fingerprint density at radius 1 is 1.04 bits per heavy atom. The van der Waals surface area contributed by atoms with Crippen molar-refractivity contribution in [3.8, 4) is 5.75 Å². The van der Waals surface area contributed by atoms with Gasteiger partial charge < -0.3 is 20.1 Å². The van der Waals surface area contributed by atoms with E-state index in [1.165, 1.54) is 15.1 Å². The molecule has 2 amide bonds. The molecule has 2 aromatic heterocycles. The minimum atomic E-state index is -3.50. The monoisotopic (exact) mass is 771 g/mol. The molecule has 54 heavy (non-hydrogen) atoms. The Morgan fingerprint density at radius 3 is 2.41 bits per heavy atom. The first-order chi connectivity index (χ1) is 25.8. The number of benzene rings is 1. The standard InChI is InChI=1S/C37H47F2N7O7S/c1-37(50)14-2-3-30(37)46-33-24(21-29(32(38)39)35(46)49)22-40-36(43-33)41-25-10-17-45(18-11-25)54(51,52)20-19-44-15-12-27(13-16-44)53-26-6-4-23(5-7-26)28-8-9-31(47)42-34(28)48/h4-7,21-22,25,27-28,30,32,50H,2-3,8-20H2,1H3,(H,40,41,43)(H,42,47,48)/t28?,30-,37-/m1/s1. The average Bonchev–Trinajstić information content (AvgIpc) is 3.49. The number of imide groups is 1. The van der Waals surface area contributed by atoms with E-state index >= 15 is 0 Å². The number of carbonyl (C=O) groups excluding carboxylic acids is 2. The molecule has 3 saturated heterocycles. The fourth-order valence-electron chi connectivity index (χ4n) is 8.26. The van der Waals surface area contributed by atoms with E-state index in [-0.39, 0.29) is 52.6 Å². The van der Waals surface area contributed by atoms with Gasteiger partial charge in [0.25, 0.3) is 12.0 Å². The van der Waals surface area contributed by atoms with Crippen LogP contribution in [-0.4, -0.2) is 105 Å². The number of hydrogen-bond acceptors (Lipinski definition) is 11. The van der Waals surface area contributed by atoms with Gasteiger partial charge in [0.15, 0.2) is 0 Å². The highest BCUT2D eigenvalue weighted by Gasteiger charge is 2.40. The first-order valence-electron chi connectivity index (χ1n) is 18.8. The van der Waals surface area contributed by atoms with Gasteiger partial charge in [0.1, 0.15) is 17.5 Å². The molecular weight excluding hydrogens is 725 g/mol. The van der Waals surface area contributed by atoms with E-state index in [9.17, 15) is 36.7 Å². The number of ether oxygens (including phenoxy) is 1. The van der Waals surface area contributed by atoms with Crippen LogP contribution in [0.4, 0.5) is 14.7 Å². The predicted molar refractivity (Wildman–Crippen MR) is 196 cm³/mol. The zero-order chi connectivity index (χ0) is 38.2. The summed E-state index contributed by atoms with van der Waals surface area (Å²) in [5, 5.41) is 16.9. The number of nitrogens with one attached hydrogen (secondary N) is 2. The maximum atomic E-state index is 13.8. The lowest BCUT2D eigenvalue weighted by Gasteiger charge is -2.34. The number of sulfonamides is 1. The number of fused-ring (bicyclic) bond motifs is 1. The molecule has 3 N–H and O–H groups in total. The second kappa shape index (κ2) is 15.6. The molecule has 1 saturated carbocycles. The average molecular weight is 772 g/mol. The molecule has 0 radical (unpaired) electrons. The number of carbonyl (C=O) groups is 2. The molecule has 3 atom stereocenters. The van der Waals surface area contributed by atoms with Crippen LogP contribution in [0.1, 0.15) is 94.2 Å². The zero-order valence-electron chi connectivity index (χ0n) is 30.3. The lowest BCUT2D eigenvalue weighted by atomic mass is 9.90. The Balaban J connectivity index is 0.885. The molecule has 17 heteroatoms. The summed E-state index contributed by atoms with van der Waals surface area (Å²) in [6.07, 6.45) is 3.27. The number of rotatable bonds is 11. The Hall–Kier alpha value is -4.06. The molecule has 3 aliphatic heterocycles. The van der Waals surface area contributed by atoms with Gasteiger partial charge in [0.2, 0.25) is 27.8 Å². The quantitative estimate of drug-likeness (QED) is 0.244. The number of aromatic nitrogens is 3. The summed E-state index contributed by atoms with van der Waals surface area (Å²) < 4.78 is 63.2. The molecule has 3 aromatic rings. The van der Waals surface area contributed by atoms with Gasteiger partial charge in [-0.05, 0) is 82.1 Å². The van der Waals surface area contributed by atoms with Crippen molar-refractivity contribution in [1.29, 1.82) is 0 Å². The Bertz CT molecular complexity index is 2030. The van der Waals surface area contributed by atoms with Crippen LogP contribution >= 0.6 is 0 Å². The van der Waals surface area contributed by atoms with E-state index in [1.807, 2.05) is 24.3 Å². The van der Waals surface area contributed by atoms with Gasteiger partial charge in [0, 0.05) is 56.8 Å². The fourth-order valence-corrected chi connectivity index (χ4v) is 9.78. The molecule has 1 unspecified atom stereocenters. The van der Waals surface area contributed by atoms with Crippen LogP contribution < -0.4 is 20.9 Å². The number of hydrogen-bond donors (Lipinski definition) is 3. The van der Waals surface area contributed by atoms with Crippen molar-refractivity contribution in [2.75, 3.05) is 43.8 Å². The molecule has 1 aliphatic carbocycles. The molecule has 14 nitrogen and oxygen atoms in total. The number of aliphatic hydroxyl groups is 1. The topological polar surface area (TPSA) is 176 Å². The molecule has 292 valence electrons. The molecule has 5 heterocycles. The Labute approximate surface area is 312 Å². The zero-order valence-corrected chi connectivity index (χ0v) is 31.1. The van der Waals surface area contributed by atoms with Gasteiger partial charge in [-0.15, -0.1) is 0 Å². The number of piperidine rings is 3. The van der Waals surface area contributed by atoms with Crippen LogP contribution in [0.2, 0.25) is 0 Å². The van der Waals surface area contributed by atoms with Crippen molar-refractivity contribution in [1.82, 2.24) is 29.1 Å². The van der Waals surface area contributed by atoms with Gasteiger partial charge in [-0.2, -0.15) is 4.98 Å². The van der Waals surface area contributed by atoms with E-state index in [1.54, 1.807) is 6.92 Å². The highest BCUT2D eigenvalue weighted by Crippen LogP contribution is 2.40. The van der Waals surface area contributed by atoms with E-state index < -0.39 is 39.2 Å². The number of alkyl halides is 2. The number of nitrogens with zero attached hydrogens (tertiary/aromatic N) is 5. The number of pyridine rings is 1. The summed E-state index contributed by atoms with van der Waals surface area (Å²) in [6.45, 7) is 4.08. The van der Waals surface area contributed by atoms with Crippen molar-refractivity contribution in [3.63, 3.8) is 0 Å². The van der Waals surface area contributed by atoms with Crippen LogP contribution in [-0.2, 0) is 19.6 Å². The molecule has 1 aromatic carbocycles. The summed E-state index contributed by atoms with van der Waals surface area (Å²) in [7, 11) is -3.50. The molecule has 7 rings (SSSR count). The molecule has 4 fully saturated rings. The van der Waals surface area contributed by atoms with E-state index in [0.717, 1.165) is 24.5 Å². The first-order valence-corrected chi connectivity index (χ1v) is 20.4. The fraction of sp³-hybridized carbons (Fsp3) is 0.595. The third-order valence-electron chi connectivity index (χ3n) is 11.4. The van der Waals surface area contributed by atoms with Crippen LogP contribution in [0.3, 0.4) is 0 Å². The minimum absolute atomic E-state index is 0.00217. The summed E-state index contributed by atoms with van der Waals surface area (Å²) >= 11 is 0. The van der Waals surface area contributed by atoms with Gasteiger partial charge in [-0.1, -0.05) is 12.1 Å². The maximum Gasteiger partial charge on any atom is 0.269 e. The minimum Gasteiger partial charge on any atom is -0.490 e. The van der Waals surface area contributed by atoms with E-state index in [0.29, 0.717) is 83.4 Å². The predicted octanol–water partition coefficient (Wildman–Crippen LogP) is 3.47. The lowest BCUT2D eigenvalue weighted by molar-refractivity contribution is -0.134. The van der Waals surface area contributed by atoms with Crippen molar-refractivity contribution in [2.24, 2.45) is 0 Å². The second-order valence-electron chi connectivity index (χ2n) is 15.2.